The minimum Gasteiger partial charge on any atom is -0.443 e. The van der Waals surface area contributed by atoms with Gasteiger partial charge in [0.15, 0.2) is 0 Å². The van der Waals surface area contributed by atoms with Gasteiger partial charge in [-0.1, -0.05) is 18.6 Å². The van der Waals surface area contributed by atoms with E-state index in [1.165, 1.54) is 5.57 Å². The molecule has 0 aromatic rings. The number of nitrogens with one attached hydrogen (secondary N) is 1. The van der Waals surface area contributed by atoms with E-state index in [-0.39, 0.29) is 41.7 Å². The summed E-state index contributed by atoms with van der Waals surface area (Å²) in [6.07, 6.45) is 3.27. The van der Waals surface area contributed by atoms with Crippen LogP contribution in [0.4, 0.5) is 4.79 Å². The highest BCUT2D eigenvalue weighted by molar-refractivity contribution is 5.91. The zero-order chi connectivity index (χ0) is 19.8. The Kier molecular flexibility index (Phi) is 5.66. The van der Waals surface area contributed by atoms with Crippen LogP contribution in [0, 0.1) is 5.92 Å². The summed E-state index contributed by atoms with van der Waals surface area (Å²) in [6.45, 7) is 8.61. The second kappa shape index (κ2) is 7.53. The molecule has 2 amide bonds. The number of carbonyl (C=O) groups excluding carboxylic acids is 2. The summed E-state index contributed by atoms with van der Waals surface area (Å²) in [5.74, 6) is -0.387. The number of imide groups is 1. The Labute approximate surface area is 160 Å². The summed E-state index contributed by atoms with van der Waals surface area (Å²) in [6, 6.07) is 0. The van der Waals surface area contributed by atoms with Crippen LogP contribution < -0.4 is 5.32 Å². The Hall–Kier alpha value is -1.44. The highest BCUT2D eigenvalue weighted by Crippen LogP contribution is 2.59. The molecule has 152 valence electrons. The van der Waals surface area contributed by atoms with E-state index < -0.39 is 12.2 Å². The largest absolute Gasteiger partial charge is 0.443 e. The molecule has 2 heterocycles. The number of methoxy groups -OCH3 is 1. The maximum absolute atomic E-state index is 12.1. The van der Waals surface area contributed by atoms with Gasteiger partial charge < -0.3 is 18.9 Å². The number of epoxide rings is 2. The highest BCUT2D eigenvalue weighted by atomic mass is 16.6. The lowest BCUT2D eigenvalue weighted by Crippen LogP contribution is -2.56. The maximum Gasteiger partial charge on any atom is 0.414 e. The van der Waals surface area contributed by atoms with Crippen molar-refractivity contribution >= 4 is 12.0 Å². The Morgan fingerprint density at radius 1 is 1.33 bits per heavy atom. The SMILES string of the molecule is CCC(=O)NC(=O)O[C@@H]1CC[C@]2(CO2)[C@@H]([C@@]2(C)O[C@@H]2CC=C(C)C)[C@@H]1OC. The summed E-state index contributed by atoms with van der Waals surface area (Å²) in [5.41, 5.74) is 0.627. The van der Waals surface area contributed by atoms with Crippen molar-refractivity contribution in [2.75, 3.05) is 13.7 Å². The molecule has 1 saturated carbocycles. The third-order valence-electron chi connectivity index (χ3n) is 6.06. The minimum absolute atomic E-state index is 0.0287. The van der Waals surface area contributed by atoms with E-state index in [1.54, 1.807) is 14.0 Å². The van der Waals surface area contributed by atoms with Crippen LogP contribution in [0.3, 0.4) is 0 Å². The van der Waals surface area contributed by atoms with Crippen LogP contribution in [-0.4, -0.2) is 55.2 Å². The Morgan fingerprint density at radius 2 is 2.04 bits per heavy atom. The quantitative estimate of drug-likeness (QED) is 0.562. The van der Waals surface area contributed by atoms with Gasteiger partial charge in [0.25, 0.3) is 0 Å². The number of alkyl carbamates (subject to hydrolysis) is 1. The average molecular weight is 381 g/mol. The third-order valence-corrected chi connectivity index (χ3v) is 6.06. The number of hydrogen-bond acceptors (Lipinski definition) is 6. The van der Waals surface area contributed by atoms with E-state index in [9.17, 15) is 9.59 Å². The van der Waals surface area contributed by atoms with Crippen LogP contribution in [-0.2, 0) is 23.7 Å². The van der Waals surface area contributed by atoms with Gasteiger partial charge in [-0.05, 0) is 40.0 Å². The molecule has 0 bridgehead atoms. The number of hydrogen-bond donors (Lipinski definition) is 1. The van der Waals surface area contributed by atoms with Crippen LogP contribution in [0.5, 0.6) is 0 Å². The van der Waals surface area contributed by atoms with E-state index in [0.29, 0.717) is 13.0 Å². The van der Waals surface area contributed by atoms with E-state index in [4.69, 9.17) is 18.9 Å². The van der Waals surface area contributed by atoms with Crippen molar-refractivity contribution in [3.8, 4) is 0 Å². The predicted octanol–water partition coefficient (Wildman–Crippen LogP) is 2.73. The fourth-order valence-corrected chi connectivity index (χ4v) is 4.44. The first-order valence-electron chi connectivity index (χ1n) is 9.74. The van der Waals surface area contributed by atoms with Crippen molar-refractivity contribution in [2.45, 2.75) is 82.9 Å². The van der Waals surface area contributed by atoms with Gasteiger partial charge in [-0.2, -0.15) is 0 Å². The molecule has 2 saturated heterocycles. The highest BCUT2D eigenvalue weighted by Gasteiger charge is 2.72. The zero-order valence-electron chi connectivity index (χ0n) is 16.9. The van der Waals surface area contributed by atoms with E-state index >= 15 is 0 Å². The van der Waals surface area contributed by atoms with Gasteiger partial charge in [-0.15, -0.1) is 0 Å². The van der Waals surface area contributed by atoms with Crippen molar-refractivity contribution in [1.29, 1.82) is 0 Å². The number of rotatable bonds is 6. The lowest BCUT2D eigenvalue weighted by molar-refractivity contribution is -0.125. The van der Waals surface area contributed by atoms with Crippen molar-refractivity contribution in [3.05, 3.63) is 11.6 Å². The molecule has 2 aliphatic heterocycles. The number of allylic oxidation sites excluding steroid dienone is 1. The molecule has 0 unspecified atom stereocenters. The number of amides is 2. The molecular formula is C20H31NO6. The smallest absolute Gasteiger partial charge is 0.414 e. The fraction of sp³-hybridized carbons (Fsp3) is 0.800. The van der Waals surface area contributed by atoms with Crippen molar-refractivity contribution in [1.82, 2.24) is 5.32 Å². The molecule has 7 nitrogen and oxygen atoms in total. The van der Waals surface area contributed by atoms with Crippen molar-refractivity contribution < 1.29 is 28.5 Å². The van der Waals surface area contributed by atoms with Crippen molar-refractivity contribution in [2.24, 2.45) is 5.92 Å². The normalized spacial score (nSPS) is 39.6. The van der Waals surface area contributed by atoms with E-state index in [1.807, 2.05) is 0 Å². The Bertz CT molecular complexity index is 624. The molecule has 6 atom stereocenters. The van der Waals surface area contributed by atoms with Crippen LogP contribution in [0.2, 0.25) is 0 Å². The number of ether oxygens (including phenoxy) is 4. The molecule has 3 fully saturated rings. The van der Waals surface area contributed by atoms with Gasteiger partial charge in [-0.3, -0.25) is 10.1 Å². The molecule has 3 rings (SSSR count). The van der Waals surface area contributed by atoms with E-state index in [2.05, 4.69) is 32.2 Å². The first kappa shape index (κ1) is 20.3. The van der Waals surface area contributed by atoms with Crippen molar-refractivity contribution in [3.63, 3.8) is 0 Å². The molecular weight excluding hydrogens is 350 g/mol. The molecule has 27 heavy (non-hydrogen) atoms. The van der Waals surface area contributed by atoms with Crippen LogP contribution in [0.15, 0.2) is 11.6 Å². The minimum atomic E-state index is -0.719. The summed E-state index contributed by atoms with van der Waals surface area (Å²) >= 11 is 0. The van der Waals surface area contributed by atoms with Crippen LogP contribution in [0.1, 0.15) is 53.4 Å². The molecule has 7 heteroatoms. The molecule has 0 radical (unpaired) electrons. The molecule has 1 aliphatic carbocycles. The second-order valence-corrected chi connectivity index (χ2v) is 8.22. The summed E-state index contributed by atoms with van der Waals surface area (Å²) in [5, 5.41) is 2.24. The molecule has 1 N–H and O–H groups in total. The number of carbonyl (C=O) groups is 2. The maximum atomic E-state index is 12.1. The monoisotopic (exact) mass is 381 g/mol. The molecule has 0 aromatic heterocycles. The molecule has 0 aromatic carbocycles. The summed E-state index contributed by atoms with van der Waals surface area (Å²) in [7, 11) is 1.63. The van der Waals surface area contributed by atoms with Gasteiger partial charge >= 0.3 is 6.09 Å². The Morgan fingerprint density at radius 3 is 2.59 bits per heavy atom. The summed E-state index contributed by atoms with van der Waals surface area (Å²) < 4.78 is 23.3. The van der Waals surface area contributed by atoms with Crippen LogP contribution in [0.25, 0.3) is 0 Å². The van der Waals surface area contributed by atoms with E-state index in [0.717, 1.165) is 12.8 Å². The van der Waals surface area contributed by atoms with Gasteiger partial charge in [0.2, 0.25) is 5.91 Å². The Balaban J connectivity index is 1.73. The molecule has 3 aliphatic rings. The molecule has 1 spiro atoms. The topological polar surface area (TPSA) is 89.7 Å². The van der Waals surface area contributed by atoms with Crippen LogP contribution >= 0.6 is 0 Å². The lowest BCUT2D eigenvalue weighted by Gasteiger charge is -2.42. The first-order valence-corrected chi connectivity index (χ1v) is 9.74. The average Bonchev–Trinajstić information content (AvgIpc) is 3.52. The first-order chi connectivity index (χ1) is 12.8. The van der Waals surface area contributed by atoms with Gasteiger partial charge in [0.05, 0.1) is 18.6 Å². The van der Waals surface area contributed by atoms with Gasteiger partial charge in [-0.25, -0.2) is 4.79 Å². The lowest BCUT2D eigenvalue weighted by atomic mass is 9.68. The van der Waals surface area contributed by atoms with Gasteiger partial charge in [0, 0.05) is 13.5 Å². The zero-order valence-corrected chi connectivity index (χ0v) is 16.9. The summed E-state index contributed by atoms with van der Waals surface area (Å²) in [4.78, 5) is 23.5. The predicted molar refractivity (Wildman–Crippen MR) is 98.2 cm³/mol. The second-order valence-electron chi connectivity index (χ2n) is 8.22. The van der Waals surface area contributed by atoms with Gasteiger partial charge in [0.1, 0.15) is 23.4 Å². The fourth-order valence-electron chi connectivity index (χ4n) is 4.44. The third kappa shape index (κ3) is 4.05. The standard InChI is InChI=1S/C20H31NO6/c1-6-15(22)21-18(23)26-13-9-10-20(11-25-20)17(16(13)24-5)19(4)14(27-19)8-7-12(2)3/h7,13-14,16-17H,6,8-11H2,1-5H3,(H,21,22,23)/t13-,14-,16-,17-,19+,20+/m1/s1.